The zero-order valence-corrected chi connectivity index (χ0v) is 29.8. The number of rotatable bonds is 7. The third-order valence-electron chi connectivity index (χ3n) is 9.85. The summed E-state index contributed by atoms with van der Waals surface area (Å²) in [6.45, 7) is 15.0. The lowest BCUT2D eigenvalue weighted by molar-refractivity contribution is -0.295. The van der Waals surface area contributed by atoms with Crippen molar-refractivity contribution in [3.05, 3.63) is 0 Å². The Labute approximate surface area is 274 Å². The summed E-state index contributed by atoms with van der Waals surface area (Å²) in [7, 11) is 5.17. The van der Waals surface area contributed by atoms with Crippen LogP contribution in [0.1, 0.15) is 88.0 Å². The summed E-state index contributed by atoms with van der Waals surface area (Å²) in [6, 6.07) is -0.284. The molecule has 1 unspecified atom stereocenters. The van der Waals surface area contributed by atoms with E-state index in [1.165, 1.54) is 21.0 Å². The first-order valence-electron chi connectivity index (χ1n) is 16.4. The predicted molar refractivity (Wildman–Crippen MR) is 173 cm³/mol. The van der Waals surface area contributed by atoms with Gasteiger partial charge in [0.25, 0.3) is 0 Å². The zero-order valence-electron chi connectivity index (χ0n) is 29.8. The number of aliphatic hydroxyl groups is 4. The van der Waals surface area contributed by atoms with Crippen molar-refractivity contribution in [3.8, 4) is 0 Å². The van der Waals surface area contributed by atoms with E-state index >= 15 is 0 Å². The fourth-order valence-corrected chi connectivity index (χ4v) is 6.47. The highest BCUT2D eigenvalue weighted by atomic mass is 16.7. The number of Topliss-reactive ketones (excluding diaryl/α,β-unsaturated/α-hetero) is 1. The van der Waals surface area contributed by atoms with Crippen molar-refractivity contribution in [2.45, 2.75) is 148 Å². The van der Waals surface area contributed by atoms with Crippen LogP contribution >= 0.6 is 0 Å². The van der Waals surface area contributed by atoms with Crippen molar-refractivity contribution >= 4 is 23.2 Å². The van der Waals surface area contributed by atoms with Crippen LogP contribution in [-0.2, 0) is 28.5 Å². The maximum atomic E-state index is 14.0. The number of esters is 1. The monoisotopic (exact) mass is 657 g/mol. The SMILES string of the molecule is CC/C(C)=N\N=C1\[C@H](C)C[C@@](C)(OC)C(O[C@@H]2O[C@H](C)C[C@H](N(C)C)[C@H]2O)[C@@H](C)C(=O)[C@@H](C)C(=O)O[C@H](CC)[C@@](C)(O)[C@H](O)[C@H]1O. The lowest BCUT2D eigenvalue weighted by Gasteiger charge is -2.47. The standard InChI is InChI=1S/C33H59N3O10/c1-13-18(4)34-35-24-17(3)16-32(8,43-12)29(46-31-26(38)22(36(10)11)15-19(5)44-31)20(6)25(37)21(7)30(41)45-23(14-2)33(9,42)28(40)27(24)39/h17,19-23,26-29,31,38-40,42H,13-16H2,1-12H3/b34-18-,35-24-/t17-,19-,20+,21-,22+,23-,26-,27+,28-,29?,31+,32-,33-/m1/s1. The Balaban J connectivity index is 2.77. The summed E-state index contributed by atoms with van der Waals surface area (Å²) in [6.07, 6.45) is -6.98. The highest BCUT2D eigenvalue weighted by Gasteiger charge is 2.52. The van der Waals surface area contributed by atoms with Crippen LogP contribution in [0.15, 0.2) is 10.2 Å². The average Bonchev–Trinajstić information content (AvgIpc) is 3.00. The van der Waals surface area contributed by atoms with Crippen LogP contribution in [0, 0.1) is 17.8 Å². The molecule has 266 valence electrons. The molecular weight excluding hydrogens is 598 g/mol. The first-order valence-corrected chi connectivity index (χ1v) is 16.4. The highest BCUT2D eigenvalue weighted by Crippen LogP contribution is 2.38. The van der Waals surface area contributed by atoms with Crippen molar-refractivity contribution in [2.75, 3.05) is 21.2 Å². The fraction of sp³-hybridized carbons (Fsp3) is 0.879. The zero-order chi connectivity index (χ0) is 35.3. The summed E-state index contributed by atoms with van der Waals surface area (Å²) in [4.78, 5) is 29.3. The van der Waals surface area contributed by atoms with Crippen LogP contribution in [0.2, 0.25) is 0 Å². The van der Waals surface area contributed by atoms with E-state index in [-0.39, 0.29) is 30.7 Å². The van der Waals surface area contributed by atoms with Crippen molar-refractivity contribution in [1.29, 1.82) is 0 Å². The van der Waals surface area contributed by atoms with Gasteiger partial charge in [-0.3, -0.25) is 9.59 Å². The number of nitrogens with zero attached hydrogens (tertiary/aromatic N) is 3. The molecule has 0 aromatic heterocycles. The van der Waals surface area contributed by atoms with Gasteiger partial charge in [0, 0.05) is 30.7 Å². The Morgan fingerprint density at radius 1 is 1.09 bits per heavy atom. The van der Waals surface area contributed by atoms with Crippen LogP contribution < -0.4 is 0 Å². The van der Waals surface area contributed by atoms with Gasteiger partial charge in [-0.2, -0.15) is 10.2 Å². The maximum Gasteiger partial charge on any atom is 0.316 e. The number of cyclic esters (lactones) is 1. The second-order valence-corrected chi connectivity index (χ2v) is 13.8. The Morgan fingerprint density at radius 3 is 2.22 bits per heavy atom. The fourth-order valence-electron chi connectivity index (χ4n) is 6.47. The first-order chi connectivity index (χ1) is 21.3. The normalized spacial score (nSPS) is 43.5. The third kappa shape index (κ3) is 8.98. The van der Waals surface area contributed by atoms with Crippen LogP contribution in [0.4, 0.5) is 0 Å². The van der Waals surface area contributed by atoms with Gasteiger partial charge in [0.1, 0.15) is 35.9 Å². The number of hydrogen-bond acceptors (Lipinski definition) is 13. The molecule has 0 aliphatic carbocycles. The Kier molecular flexibility index (Phi) is 14.5. The minimum absolute atomic E-state index is 0.0587. The molecule has 2 aliphatic heterocycles. The summed E-state index contributed by atoms with van der Waals surface area (Å²) in [5, 5.41) is 54.3. The van der Waals surface area contributed by atoms with E-state index in [4.69, 9.17) is 18.9 Å². The van der Waals surface area contributed by atoms with Gasteiger partial charge in [0.05, 0.1) is 23.5 Å². The quantitative estimate of drug-likeness (QED) is 0.136. The molecule has 2 saturated heterocycles. The Morgan fingerprint density at radius 2 is 1.70 bits per heavy atom. The van der Waals surface area contributed by atoms with E-state index in [0.717, 1.165) is 0 Å². The molecule has 0 aromatic rings. The van der Waals surface area contributed by atoms with Gasteiger partial charge in [0.2, 0.25) is 0 Å². The number of aliphatic hydroxyl groups excluding tert-OH is 3. The number of carbonyl (C=O) groups excluding carboxylic acids is 2. The number of hydrogen-bond donors (Lipinski definition) is 4. The number of ketones is 1. The predicted octanol–water partition coefficient (Wildman–Crippen LogP) is 2.11. The molecule has 2 rings (SSSR count). The van der Waals surface area contributed by atoms with Crippen LogP contribution in [0.5, 0.6) is 0 Å². The van der Waals surface area contributed by atoms with Gasteiger partial charge in [0.15, 0.2) is 12.1 Å². The summed E-state index contributed by atoms with van der Waals surface area (Å²) < 4.78 is 24.3. The molecule has 0 aromatic carbocycles. The smallest absolute Gasteiger partial charge is 0.316 e. The van der Waals surface area contributed by atoms with Crippen molar-refractivity contribution in [2.24, 2.45) is 28.0 Å². The van der Waals surface area contributed by atoms with E-state index in [1.54, 1.807) is 34.6 Å². The number of likely N-dealkylation sites (N-methyl/N-ethyl adjacent to an activating group) is 1. The lowest BCUT2D eigenvalue weighted by atomic mass is 9.75. The highest BCUT2D eigenvalue weighted by molar-refractivity contribution is 6.00. The molecule has 0 saturated carbocycles. The third-order valence-corrected chi connectivity index (χ3v) is 9.85. The summed E-state index contributed by atoms with van der Waals surface area (Å²) in [5.74, 6) is -4.28. The van der Waals surface area contributed by atoms with Crippen molar-refractivity contribution in [1.82, 2.24) is 4.90 Å². The maximum absolute atomic E-state index is 14.0. The van der Waals surface area contributed by atoms with Gasteiger partial charge < -0.3 is 44.3 Å². The topological polar surface area (TPSA) is 180 Å². The average molecular weight is 658 g/mol. The van der Waals surface area contributed by atoms with E-state index in [2.05, 4.69) is 10.2 Å². The van der Waals surface area contributed by atoms with Gasteiger partial charge in [-0.25, -0.2) is 0 Å². The van der Waals surface area contributed by atoms with Gasteiger partial charge in [-0.1, -0.05) is 27.7 Å². The molecule has 13 nitrogen and oxygen atoms in total. The molecule has 0 bridgehead atoms. The lowest BCUT2D eigenvalue weighted by Crippen LogP contribution is -2.60. The minimum atomic E-state index is -2.11. The van der Waals surface area contributed by atoms with Crippen LogP contribution in [-0.4, -0.2) is 130 Å². The molecule has 46 heavy (non-hydrogen) atoms. The molecule has 0 spiro atoms. The second-order valence-electron chi connectivity index (χ2n) is 13.8. The van der Waals surface area contributed by atoms with E-state index in [0.29, 0.717) is 18.6 Å². The molecule has 13 heteroatoms. The van der Waals surface area contributed by atoms with Crippen LogP contribution in [0.3, 0.4) is 0 Å². The molecule has 2 aliphatic rings. The second kappa shape index (κ2) is 16.5. The summed E-state index contributed by atoms with van der Waals surface area (Å²) in [5.41, 5.74) is -2.67. The molecular formula is C33H59N3O10. The molecule has 4 N–H and O–H groups in total. The van der Waals surface area contributed by atoms with Gasteiger partial charge in [-0.05, 0) is 74.4 Å². The van der Waals surface area contributed by atoms with Crippen molar-refractivity contribution < 1.29 is 49.0 Å². The summed E-state index contributed by atoms with van der Waals surface area (Å²) >= 11 is 0. The van der Waals surface area contributed by atoms with Gasteiger partial charge >= 0.3 is 5.97 Å². The number of methoxy groups -OCH3 is 1. The molecule has 0 amide bonds. The first kappa shape index (κ1) is 40.3. The number of ether oxygens (including phenoxy) is 4. The van der Waals surface area contributed by atoms with Gasteiger partial charge in [-0.15, -0.1) is 0 Å². The van der Waals surface area contributed by atoms with E-state index in [9.17, 15) is 30.0 Å². The minimum Gasteiger partial charge on any atom is -0.459 e. The largest absolute Gasteiger partial charge is 0.459 e. The van der Waals surface area contributed by atoms with E-state index < -0.39 is 77.5 Å². The Hall–Kier alpha value is -1.84. The molecule has 13 atom stereocenters. The molecule has 2 fully saturated rings. The molecule has 0 radical (unpaired) electrons. The molecule has 2 heterocycles. The van der Waals surface area contributed by atoms with Crippen LogP contribution in [0.25, 0.3) is 0 Å². The number of carbonyl (C=O) groups is 2. The van der Waals surface area contributed by atoms with Crippen molar-refractivity contribution in [3.63, 3.8) is 0 Å². The van der Waals surface area contributed by atoms with E-state index in [1.807, 2.05) is 32.8 Å². The Bertz CT molecular complexity index is 1100.